The van der Waals surface area contributed by atoms with E-state index in [2.05, 4.69) is 166 Å². The maximum atomic E-state index is 5.46. The average molecular weight is 661 g/mol. The maximum absolute atomic E-state index is 5.46. The Hall–Kier alpha value is -7.04. The van der Waals surface area contributed by atoms with E-state index in [1.807, 2.05) is 18.5 Å². The lowest BCUT2D eigenvalue weighted by atomic mass is 9.94. The van der Waals surface area contributed by atoms with Crippen molar-refractivity contribution in [2.24, 2.45) is 0 Å². The fraction of sp³-hybridized carbons (Fsp3) is 0. The van der Waals surface area contributed by atoms with Gasteiger partial charge in [0.1, 0.15) is 5.82 Å². The van der Waals surface area contributed by atoms with E-state index < -0.39 is 0 Å². The summed E-state index contributed by atoms with van der Waals surface area (Å²) in [6.07, 6.45) is 3.73. The average Bonchev–Trinajstić information content (AvgIpc) is 3.70. The smallest absolute Gasteiger partial charge is 0.138 e. The minimum Gasteiger partial charge on any atom is -0.309 e. The van der Waals surface area contributed by atoms with E-state index in [9.17, 15) is 0 Å². The third-order valence-corrected chi connectivity index (χ3v) is 11.1. The van der Waals surface area contributed by atoms with Crippen LogP contribution in [0.25, 0.3) is 110 Å². The number of nitrogens with zero attached hydrogens (tertiary/aromatic N) is 4. The number of para-hydroxylation sites is 1. The summed E-state index contributed by atoms with van der Waals surface area (Å²) in [5.74, 6) is 0.895. The Bertz CT molecular complexity index is 3270. The first-order valence-electron chi connectivity index (χ1n) is 17.8. The molecule has 1 aliphatic carbocycles. The first kappa shape index (κ1) is 27.7. The van der Waals surface area contributed by atoms with Crippen molar-refractivity contribution in [3.63, 3.8) is 0 Å². The van der Waals surface area contributed by atoms with Gasteiger partial charge in [-0.05, 0) is 82.1 Å². The molecule has 0 aliphatic heterocycles. The molecule has 7 aromatic carbocycles. The van der Waals surface area contributed by atoms with E-state index in [0.717, 1.165) is 44.6 Å². The zero-order chi connectivity index (χ0) is 33.9. The third kappa shape index (κ3) is 3.60. The van der Waals surface area contributed by atoms with E-state index in [1.165, 1.54) is 65.6 Å². The molecule has 0 atom stereocenters. The van der Waals surface area contributed by atoms with Crippen LogP contribution in [0, 0.1) is 0 Å². The van der Waals surface area contributed by atoms with Gasteiger partial charge in [0.25, 0.3) is 0 Å². The van der Waals surface area contributed by atoms with Crippen molar-refractivity contribution >= 4 is 65.2 Å². The molecule has 0 saturated heterocycles. The van der Waals surface area contributed by atoms with Crippen molar-refractivity contribution in [2.75, 3.05) is 0 Å². The lowest BCUT2D eigenvalue weighted by Crippen LogP contribution is -2.00. The Morgan fingerprint density at radius 1 is 0.423 bits per heavy atom. The molecule has 0 fully saturated rings. The summed E-state index contributed by atoms with van der Waals surface area (Å²) in [4.78, 5) is 9.92. The highest BCUT2D eigenvalue weighted by Crippen LogP contribution is 2.53. The fourth-order valence-corrected chi connectivity index (χ4v) is 9.02. The molecular weight excluding hydrogens is 633 g/mol. The van der Waals surface area contributed by atoms with Gasteiger partial charge in [0, 0.05) is 61.5 Å². The van der Waals surface area contributed by atoms with Gasteiger partial charge < -0.3 is 4.57 Å². The van der Waals surface area contributed by atoms with Crippen molar-refractivity contribution in [2.45, 2.75) is 0 Å². The van der Waals surface area contributed by atoms with Gasteiger partial charge in [0.2, 0.25) is 0 Å². The number of hydrogen-bond donors (Lipinski definition) is 0. The first-order chi connectivity index (χ1) is 25.8. The zero-order valence-corrected chi connectivity index (χ0v) is 28.0. The highest BCUT2D eigenvalue weighted by atomic mass is 15.1. The molecule has 1 aliphatic rings. The van der Waals surface area contributed by atoms with E-state index in [0.29, 0.717) is 0 Å². The van der Waals surface area contributed by atoms with Gasteiger partial charge in [-0.1, -0.05) is 103 Å². The molecule has 0 spiro atoms. The SMILES string of the molecule is c1ccc(-c2cc3ccc4c5c6c(cccc6n4-c4cc6ccccc6c(-c6cccnc6)n4)-c4cccc6c4c(c35)c2n6-c2ccccc2)cc1. The Kier molecular flexibility index (Phi) is 5.47. The van der Waals surface area contributed by atoms with Crippen LogP contribution in [0.5, 0.6) is 0 Å². The molecule has 0 bridgehead atoms. The van der Waals surface area contributed by atoms with Crippen LogP contribution in [-0.2, 0) is 0 Å². The zero-order valence-electron chi connectivity index (χ0n) is 28.0. The highest BCUT2D eigenvalue weighted by Gasteiger charge is 2.29. The summed E-state index contributed by atoms with van der Waals surface area (Å²) in [6, 6.07) is 57.2. The number of hydrogen-bond acceptors (Lipinski definition) is 2. The molecule has 240 valence electrons. The second-order valence-electron chi connectivity index (χ2n) is 13.8. The molecule has 0 amide bonds. The monoisotopic (exact) mass is 660 g/mol. The number of fused-ring (bicyclic) bond motifs is 2. The van der Waals surface area contributed by atoms with Crippen LogP contribution in [0.3, 0.4) is 0 Å². The molecule has 4 nitrogen and oxygen atoms in total. The number of benzene rings is 7. The minimum absolute atomic E-state index is 0.895. The van der Waals surface area contributed by atoms with Gasteiger partial charge in [-0.25, -0.2) is 4.98 Å². The molecular formula is C48H28N4. The molecule has 4 heteroatoms. The van der Waals surface area contributed by atoms with Crippen molar-refractivity contribution in [3.8, 4) is 45.0 Å². The molecule has 0 N–H and O–H groups in total. The largest absolute Gasteiger partial charge is 0.309 e. The second kappa shape index (κ2) is 10.3. The summed E-state index contributed by atoms with van der Waals surface area (Å²) in [5, 5.41) is 9.93. The van der Waals surface area contributed by atoms with Crippen molar-refractivity contribution in [1.82, 2.24) is 19.1 Å². The summed E-state index contributed by atoms with van der Waals surface area (Å²) in [7, 11) is 0. The van der Waals surface area contributed by atoms with Gasteiger partial charge in [0.15, 0.2) is 0 Å². The summed E-state index contributed by atoms with van der Waals surface area (Å²) in [5.41, 5.74) is 12.8. The summed E-state index contributed by atoms with van der Waals surface area (Å²) < 4.78 is 4.87. The van der Waals surface area contributed by atoms with E-state index in [-0.39, 0.29) is 0 Å². The molecule has 0 unspecified atom stereocenters. The van der Waals surface area contributed by atoms with Gasteiger partial charge >= 0.3 is 0 Å². The fourth-order valence-electron chi connectivity index (χ4n) is 9.02. The lowest BCUT2D eigenvalue weighted by molar-refractivity contribution is 1.09. The van der Waals surface area contributed by atoms with Crippen molar-refractivity contribution in [1.29, 1.82) is 0 Å². The molecule has 0 radical (unpaired) electrons. The molecule has 12 rings (SSSR count). The van der Waals surface area contributed by atoms with Crippen molar-refractivity contribution < 1.29 is 0 Å². The molecule has 11 aromatic rings. The molecule has 0 saturated carbocycles. The highest BCUT2D eigenvalue weighted by molar-refractivity contribution is 6.40. The van der Waals surface area contributed by atoms with Crippen LogP contribution < -0.4 is 0 Å². The second-order valence-corrected chi connectivity index (χ2v) is 13.8. The number of pyridine rings is 2. The summed E-state index contributed by atoms with van der Waals surface area (Å²) in [6.45, 7) is 0. The molecule has 4 heterocycles. The van der Waals surface area contributed by atoms with Crippen molar-refractivity contribution in [3.05, 3.63) is 170 Å². The Morgan fingerprint density at radius 3 is 1.90 bits per heavy atom. The first-order valence-corrected chi connectivity index (χ1v) is 17.8. The predicted molar refractivity (Wildman–Crippen MR) is 216 cm³/mol. The van der Waals surface area contributed by atoms with E-state index >= 15 is 0 Å². The van der Waals surface area contributed by atoms with Crippen LogP contribution in [0.2, 0.25) is 0 Å². The molecule has 52 heavy (non-hydrogen) atoms. The van der Waals surface area contributed by atoms with E-state index in [4.69, 9.17) is 4.98 Å². The summed E-state index contributed by atoms with van der Waals surface area (Å²) >= 11 is 0. The van der Waals surface area contributed by atoms with Gasteiger partial charge in [-0.2, -0.15) is 0 Å². The molecule has 4 aromatic heterocycles. The van der Waals surface area contributed by atoms with Crippen LogP contribution in [0.15, 0.2) is 170 Å². The Morgan fingerprint density at radius 2 is 1.12 bits per heavy atom. The minimum atomic E-state index is 0.895. The van der Waals surface area contributed by atoms with E-state index in [1.54, 1.807) is 0 Å². The quantitative estimate of drug-likeness (QED) is 0.188. The maximum Gasteiger partial charge on any atom is 0.138 e. The van der Waals surface area contributed by atoms with Crippen LogP contribution in [0.4, 0.5) is 0 Å². The number of aromatic nitrogens is 4. The van der Waals surface area contributed by atoms with Crippen LogP contribution >= 0.6 is 0 Å². The number of rotatable bonds is 4. The van der Waals surface area contributed by atoms with Gasteiger partial charge in [-0.3, -0.25) is 9.55 Å². The third-order valence-electron chi connectivity index (χ3n) is 11.1. The Balaban J connectivity index is 1.31. The standard InChI is InChI=1S/C48H28N4/c1-3-12-29(13-4-1)37-26-31-23-24-40-45-42(31)46-44-36(20-9-21-38(44)51(48(37)46)33-16-5-2-6-17-33)35-19-10-22-39(43(35)45)52(40)41-27-30-14-7-8-18-34(30)47(50-41)32-15-11-25-49-28-32/h1-28H. The Labute approximate surface area is 298 Å². The van der Waals surface area contributed by atoms with Crippen LogP contribution in [0.1, 0.15) is 0 Å². The lowest BCUT2D eigenvalue weighted by Gasteiger charge is -2.15. The predicted octanol–water partition coefficient (Wildman–Crippen LogP) is 12.3. The van der Waals surface area contributed by atoms with Gasteiger partial charge in [0.05, 0.1) is 27.8 Å². The van der Waals surface area contributed by atoms with Gasteiger partial charge in [-0.15, -0.1) is 0 Å². The normalized spacial score (nSPS) is 12.2. The topological polar surface area (TPSA) is 35.6 Å². The van der Waals surface area contributed by atoms with Crippen LogP contribution in [-0.4, -0.2) is 19.1 Å².